The lowest BCUT2D eigenvalue weighted by Crippen LogP contribution is -3.00. The molecule has 0 aliphatic carbocycles. The summed E-state index contributed by atoms with van der Waals surface area (Å²) in [6.07, 6.45) is 2.70. The molecule has 2 aromatic heterocycles. The van der Waals surface area contributed by atoms with E-state index in [4.69, 9.17) is 5.11 Å². The lowest BCUT2D eigenvalue weighted by molar-refractivity contribution is -0.143. The van der Waals surface area contributed by atoms with Crippen molar-refractivity contribution >= 4 is 23.8 Å². The molecule has 4 N–H and O–H groups in total. The highest BCUT2D eigenvalue weighted by molar-refractivity contribution is 5.97. The van der Waals surface area contributed by atoms with E-state index in [0.29, 0.717) is 55.0 Å². The number of hydrogen-bond acceptors (Lipinski definition) is 9. The van der Waals surface area contributed by atoms with Crippen LogP contribution < -0.4 is 17.7 Å². The molecule has 1 aliphatic rings. The Morgan fingerprint density at radius 1 is 0.857 bits per heavy atom. The monoisotopic (exact) mass is 603 g/mol. The highest BCUT2D eigenvalue weighted by atomic mass is 35.5. The van der Waals surface area contributed by atoms with Gasteiger partial charge in [0, 0.05) is 49.3 Å². The Morgan fingerprint density at radius 3 is 1.86 bits per heavy atom. The quantitative estimate of drug-likeness (QED) is 0.185. The molecule has 42 heavy (non-hydrogen) atoms. The number of aromatic nitrogens is 6. The molecular formula is C26H32ClN8O7-. The number of rotatable bonds is 12. The molecule has 226 valence electrons. The van der Waals surface area contributed by atoms with E-state index >= 15 is 0 Å². The highest BCUT2D eigenvalue weighted by Gasteiger charge is 2.26. The van der Waals surface area contributed by atoms with E-state index in [1.54, 1.807) is 23.1 Å². The molecule has 0 bridgehead atoms. The third-order valence-corrected chi connectivity index (χ3v) is 6.73. The van der Waals surface area contributed by atoms with Gasteiger partial charge in [0.05, 0.1) is 12.4 Å². The molecule has 1 fully saturated rings. The highest BCUT2D eigenvalue weighted by Crippen LogP contribution is 2.29. The Kier molecular flexibility index (Phi) is 10.7. The molecular weight excluding hydrogens is 572 g/mol. The van der Waals surface area contributed by atoms with Gasteiger partial charge in [0.1, 0.15) is 11.4 Å². The van der Waals surface area contributed by atoms with Crippen molar-refractivity contribution in [2.45, 2.75) is 45.2 Å². The molecule has 1 amide bonds. The SMILES string of the molecule is CC(C)CC(C(=O)O)n1cc(-c2cc(C(=O)N3CCNCC3)cc(-c3cn(C(CCC(=O)O)C(=O)O)nn3)c2)nn1.[Cl-]. The second-order valence-corrected chi connectivity index (χ2v) is 10.3. The van der Waals surface area contributed by atoms with Gasteiger partial charge < -0.3 is 37.9 Å². The maximum absolute atomic E-state index is 13.4. The summed E-state index contributed by atoms with van der Waals surface area (Å²) in [5.41, 5.74) is 1.87. The van der Waals surface area contributed by atoms with Crippen molar-refractivity contribution in [3.63, 3.8) is 0 Å². The van der Waals surface area contributed by atoms with Crippen LogP contribution in [-0.4, -0.2) is 100 Å². The molecule has 0 spiro atoms. The molecule has 15 nitrogen and oxygen atoms in total. The first-order valence-electron chi connectivity index (χ1n) is 13.2. The molecule has 2 atom stereocenters. The van der Waals surface area contributed by atoms with Gasteiger partial charge in [-0.15, -0.1) is 10.2 Å². The summed E-state index contributed by atoms with van der Waals surface area (Å²) in [5, 5.41) is 47.8. The molecule has 3 aromatic rings. The van der Waals surface area contributed by atoms with E-state index in [0.717, 1.165) is 4.68 Å². The van der Waals surface area contributed by atoms with Crippen LogP contribution >= 0.6 is 0 Å². The van der Waals surface area contributed by atoms with Gasteiger partial charge in [-0.25, -0.2) is 19.0 Å². The molecule has 1 aliphatic heterocycles. The fourth-order valence-corrected chi connectivity index (χ4v) is 4.62. The standard InChI is InChI=1S/C26H32N8O7.ClH/c1-15(2)9-22(26(40)41)34-14-20(29-31-34)17-10-16(11-18(12-17)24(37)32-7-5-27-6-8-32)19-13-33(30-28-19)21(25(38)39)3-4-23(35)36;/h10-15,21-22,27H,3-9H2,1-2H3,(H,35,36)(H,38,39)(H,40,41);1H/p-1. The van der Waals surface area contributed by atoms with Crippen molar-refractivity contribution in [1.82, 2.24) is 40.2 Å². The molecule has 1 aromatic carbocycles. The minimum atomic E-state index is -1.25. The number of nitrogens with one attached hydrogen (secondary N) is 1. The van der Waals surface area contributed by atoms with E-state index in [2.05, 4.69) is 25.9 Å². The minimum absolute atomic E-state index is 0. The Balaban J connectivity index is 0.00000484. The summed E-state index contributed by atoms with van der Waals surface area (Å²) in [5.74, 6) is -3.54. The molecule has 1 saturated heterocycles. The van der Waals surface area contributed by atoms with E-state index in [1.807, 2.05) is 13.8 Å². The number of halogens is 1. The fourth-order valence-electron chi connectivity index (χ4n) is 4.62. The zero-order valence-corrected chi connectivity index (χ0v) is 23.8. The van der Waals surface area contributed by atoms with Gasteiger partial charge in [-0.1, -0.05) is 24.3 Å². The minimum Gasteiger partial charge on any atom is -1.00 e. The number of hydrogen-bond donors (Lipinski definition) is 4. The van der Waals surface area contributed by atoms with Crippen LogP contribution in [0, 0.1) is 5.92 Å². The van der Waals surface area contributed by atoms with Gasteiger partial charge in [-0.2, -0.15) is 0 Å². The van der Waals surface area contributed by atoms with Crippen molar-refractivity contribution in [3.05, 3.63) is 36.2 Å². The number of nitrogens with zero attached hydrogens (tertiary/aromatic N) is 7. The number of amides is 1. The number of carbonyl (C=O) groups is 4. The summed E-state index contributed by atoms with van der Waals surface area (Å²) < 4.78 is 2.38. The van der Waals surface area contributed by atoms with Crippen LogP contribution in [0.2, 0.25) is 0 Å². The average molecular weight is 604 g/mol. The van der Waals surface area contributed by atoms with Crippen molar-refractivity contribution in [1.29, 1.82) is 0 Å². The summed E-state index contributed by atoms with van der Waals surface area (Å²) in [6.45, 7) is 6.17. The van der Waals surface area contributed by atoms with Crippen LogP contribution in [0.4, 0.5) is 0 Å². The number of carboxylic acid groups (broad SMARTS) is 3. The van der Waals surface area contributed by atoms with Crippen LogP contribution in [-0.2, 0) is 14.4 Å². The summed E-state index contributed by atoms with van der Waals surface area (Å²) in [4.78, 5) is 49.8. The first kappa shape index (κ1) is 32.1. The summed E-state index contributed by atoms with van der Waals surface area (Å²) >= 11 is 0. The Bertz CT molecular complexity index is 1430. The number of aliphatic carboxylic acids is 3. The first-order chi connectivity index (χ1) is 19.5. The third-order valence-electron chi connectivity index (χ3n) is 6.73. The van der Waals surface area contributed by atoms with Gasteiger partial charge in [-0.3, -0.25) is 9.59 Å². The Hall–Kier alpha value is -4.37. The maximum Gasteiger partial charge on any atom is 0.328 e. The number of piperazine rings is 1. The number of carboxylic acids is 3. The topological polar surface area (TPSA) is 206 Å². The number of carbonyl (C=O) groups excluding carboxylic acids is 1. The second-order valence-electron chi connectivity index (χ2n) is 10.3. The van der Waals surface area contributed by atoms with Gasteiger partial charge in [-0.05, 0) is 37.0 Å². The zero-order chi connectivity index (χ0) is 29.7. The smallest absolute Gasteiger partial charge is 0.328 e. The van der Waals surface area contributed by atoms with E-state index in [-0.39, 0.29) is 42.8 Å². The van der Waals surface area contributed by atoms with Gasteiger partial charge in [0.2, 0.25) is 0 Å². The Morgan fingerprint density at radius 2 is 1.38 bits per heavy atom. The third kappa shape index (κ3) is 7.67. The fraction of sp³-hybridized carbons (Fsp3) is 0.462. The van der Waals surface area contributed by atoms with Gasteiger partial charge >= 0.3 is 17.9 Å². The summed E-state index contributed by atoms with van der Waals surface area (Å²) in [6, 6.07) is 2.80. The number of benzene rings is 1. The molecule has 4 rings (SSSR count). The van der Waals surface area contributed by atoms with E-state index in [1.165, 1.54) is 17.1 Å². The Labute approximate surface area is 246 Å². The normalized spacial score (nSPS) is 14.7. The second kappa shape index (κ2) is 14.0. The van der Waals surface area contributed by atoms with E-state index in [9.17, 15) is 29.4 Å². The van der Waals surface area contributed by atoms with Gasteiger partial charge in [0.15, 0.2) is 12.1 Å². The van der Waals surface area contributed by atoms with Crippen molar-refractivity contribution in [3.8, 4) is 22.5 Å². The average Bonchev–Trinajstić information content (AvgIpc) is 3.62. The zero-order valence-electron chi connectivity index (χ0n) is 23.1. The van der Waals surface area contributed by atoms with Crippen molar-refractivity contribution in [2.24, 2.45) is 5.92 Å². The molecule has 16 heteroatoms. The molecule has 0 radical (unpaired) electrons. The maximum atomic E-state index is 13.4. The van der Waals surface area contributed by atoms with Crippen LogP contribution in [0.1, 0.15) is 55.6 Å². The summed E-state index contributed by atoms with van der Waals surface area (Å²) in [7, 11) is 0. The van der Waals surface area contributed by atoms with Crippen molar-refractivity contribution < 1.29 is 46.9 Å². The van der Waals surface area contributed by atoms with Crippen molar-refractivity contribution in [2.75, 3.05) is 26.2 Å². The molecule has 3 heterocycles. The lowest BCUT2D eigenvalue weighted by atomic mass is 10.0. The van der Waals surface area contributed by atoms with Crippen LogP contribution in [0.5, 0.6) is 0 Å². The lowest BCUT2D eigenvalue weighted by Gasteiger charge is -2.27. The van der Waals surface area contributed by atoms with Gasteiger partial charge in [0.25, 0.3) is 5.91 Å². The van der Waals surface area contributed by atoms with E-state index < -0.39 is 30.0 Å². The first-order valence-corrected chi connectivity index (χ1v) is 13.2. The van der Waals surface area contributed by atoms with Crippen LogP contribution in [0.25, 0.3) is 22.5 Å². The molecule has 0 saturated carbocycles. The molecule has 2 unspecified atom stereocenters. The predicted octanol–water partition coefficient (Wildman–Crippen LogP) is -1.58. The van der Waals surface area contributed by atoms with Crippen LogP contribution in [0.15, 0.2) is 30.6 Å². The predicted molar refractivity (Wildman–Crippen MR) is 143 cm³/mol. The largest absolute Gasteiger partial charge is 1.00 e. The van der Waals surface area contributed by atoms with Crippen LogP contribution in [0.3, 0.4) is 0 Å².